The summed E-state index contributed by atoms with van der Waals surface area (Å²) in [7, 11) is 0. The molecular weight excluding hydrogens is 456 g/mol. The fourth-order valence-corrected chi connectivity index (χ4v) is 4.18. The Hall–Kier alpha value is -3.09. The molecule has 0 fully saturated rings. The number of nitro benzene ring substituents is 1. The minimum atomic E-state index is -0.755. The summed E-state index contributed by atoms with van der Waals surface area (Å²) in [6.07, 6.45) is 7.38. The van der Waals surface area contributed by atoms with Crippen LogP contribution in [0.25, 0.3) is 11.1 Å². The Morgan fingerprint density at radius 2 is 1.47 bits per heavy atom. The molecule has 0 aliphatic carbocycles. The van der Waals surface area contributed by atoms with Gasteiger partial charge in [-0.05, 0) is 62.1 Å². The van der Waals surface area contributed by atoms with Crippen molar-refractivity contribution in [3.05, 3.63) is 58.1 Å². The second kappa shape index (κ2) is 15.8. The molecule has 7 nitrogen and oxygen atoms in total. The van der Waals surface area contributed by atoms with Gasteiger partial charge in [-0.1, -0.05) is 64.5 Å². The predicted molar refractivity (Wildman–Crippen MR) is 144 cm³/mol. The van der Waals surface area contributed by atoms with E-state index >= 15 is 0 Å². The molecule has 1 amide bonds. The number of rotatable bonds is 16. The fraction of sp³-hybridized carbons (Fsp3) is 0.552. The SMILES string of the molecule is CCCCCCN(CCCCCC)C(=O)OC(C)c1cc(-c2ccc(OCC)cc2)ccc1[N+](=O)[O-]. The van der Waals surface area contributed by atoms with Gasteiger partial charge < -0.3 is 14.4 Å². The smallest absolute Gasteiger partial charge is 0.410 e. The van der Waals surface area contributed by atoms with Crippen LogP contribution in [0.2, 0.25) is 0 Å². The van der Waals surface area contributed by atoms with Crippen molar-refractivity contribution in [3.63, 3.8) is 0 Å². The minimum Gasteiger partial charge on any atom is -0.494 e. The Kier molecular flexibility index (Phi) is 12.8. The topological polar surface area (TPSA) is 81.9 Å². The molecule has 0 aliphatic heterocycles. The monoisotopic (exact) mass is 498 g/mol. The zero-order valence-electron chi connectivity index (χ0n) is 22.3. The Labute approximate surface area is 215 Å². The van der Waals surface area contributed by atoms with Crippen molar-refractivity contribution in [2.75, 3.05) is 19.7 Å². The van der Waals surface area contributed by atoms with Crippen LogP contribution in [-0.4, -0.2) is 35.6 Å². The van der Waals surface area contributed by atoms with Gasteiger partial charge in [0.15, 0.2) is 0 Å². The molecule has 36 heavy (non-hydrogen) atoms. The summed E-state index contributed by atoms with van der Waals surface area (Å²) in [6.45, 7) is 9.82. The van der Waals surface area contributed by atoms with Gasteiger partial charge in [-0.3, -0.25) is 10.1 Å². The van der Waals surface area contributed by atoms with Crippen LogP contribution >= 0.6 is 0 Å². The Morgan fingerprint density at radius 1 is 0.889 bits per heavy atom. The molecule has 2 aromatic rings. The van der Waals surface area contributed by atoms with Gasteiger partial charge in [0.2, 0.25) is 0 Å². The maximum absolute atomic E-state index is 13.1. The molecule has 0 saturated heterocycles. The number of hydrogen-bond donors (Lipinski definition) is 0. The van der Waals surface area contributed by atoms with E-state index in [0.717, 1.165) is 68.2 Å². The highest BCUT2D eigenvalue weighted by atomic mass is 16.6. The van der Waals surface area contributed by atoms with E-state index in [4.69, 9.17) is 9.47 Å². The number of nitrogens with zero attached hydrogens (tertiary/aromatic N) is 2. The van der Waals surface area contributed by atoms with Crippen LogP contribution in [0.1, 0.15) is 90.7 Å². The third-order valence-corrected chi connectivity index (χ3v) is 6.26. The molecule has 7 heteroatoms. The highest BCUT2D eigenvalue weighted by Gasteiger charge is 2.25. The molecule has 0 aromatic heterocycles. The third-order valence-electron chi connectivity index (χ3n) is 6.26. The molecule has 2 aromatic carbocycles. The molecule has 0 heterocycles. The van der Waals surface area contributed by atoms with Crippen molar-refractivity contribution >= 4 is 11.8 Å². The number of benzene rings is 2. The second-order valence-electron chi connectivity index (χ2n) is 9.12. The summed E-state index contributed by atoms with van der Waals surface area (Å²) in [5.41, 5.74) is 2.05. The lowest BCUT2D eigenvalue weighted by Crippen LogP contribution is -2.34. The number of hydrogen-bond acceptors (Lipinski definition) is 5. The first-order valence-corrected chi connectivity index (χ1v) is 13.4. The van der Waals surface area contributed by atoms with E-state index in [1.165, 1.54) is 6.07 Å². The van der Waals surface area contributed by atoms with Gasteiger partial charge in [0, 0.05) is 19.2 Å². The number of ether oxygens (including phenoxy) is 2. The predicted octanol–water partition coefficient (Wildman–Crippen LogP) is 8.32. The lowest BCUT2D eigenvalue weighted by molar-refractivity contribution is -0.386. The average molecular weight is 499 g/mol. The molecule has 1 atom stereocenters. The first-order chi connectivity index (χ1) is 17.4. The zero-order valence-corrected chi connectivity index (χ0v) is 22.3. The zero-order chi connectivity index (χ0) is 26.3. The first kappa shape index (κ1) is 29.1. The molecule has 0 N–H and O–H groups in total. The highest BCUT2D eigenvalue weighted by molar-refractivity contribution is 5.70. The van der Waals surface area contributed by atoms with Crippen molar-refractivity contribution in [2.45, 2.75) is 85.2 Å². The average Bonchev–Trinajstić information content (AvgIpc) is 2.88. The van der Waals surface area contributed by atoms with Crippen LogP contribution in [-0.2, 0) is 4.74 Å². The summed E-state index contributed by atoms with van der Waals surface area (Å²) < 4.78 is 11.3. The molecule has 2 rings (SSSR count). The number of amides is 1. The van der Waals surface area contributed by atoms with Gasteiger partial charge in [0.25, 0.3) is 5.69 Å². The van der Waals surface area contributed by atoms with Gasteiger partial charge in [0.1, 0.15) is 11.9 Å². The summed E-state index contributed by atoms with van der Waals surface area (Å²) in [5.74, 6) is 0.767. The molecule has 0 bridgehead atoms. The number of carbonyl (C=O) groups is 1. The highest BCUT2D eigenvalue weighted by Crippen LogP contribution is 2.33. The van der Waals surface area contributed by atoms with E-state index in [1.807, 2.05) is 31.2 Å². The van der Waals surface area contributed by atoms with Gasteiger partial charge in [-0.25, -0.2) is 4.79 Å². The van der Waals surface area contributed by atoms with Crippen LogP contribution in [0.15, 0.2) is 42.5 Å². The second-order valence-corrected chi connectivity index (χ2v) is 9.12. The molecule has 198 valence electrons. The first-order valence-electron chi connectivity index (χ1n) is 13.4. The quantitative estimate of drug-likeness (QED) is 0.132. The largest absolute Gasteiger partial charge is 0.494 e. The van der Waals surface area contributed by atoms with Gasteiger partial charge in [0.05, 0.1) is 17.1 Å². The van der Waals surface area contributed by atoms with Crippen molar-refractivity contribution in [3.8, 4) is 16.9 Å². The van der Waals surface area contributed by atoms with E-state index in [-0.39, 0.29) is 5.69 Å². The summed E-state index contributed by atoms with van der Waals surface area (Å²) in [4.78, 5) is 26.2. The van der Waals surface area contributed by atoms with Crippen LogP contribution < -0.4 is 4.74 Å². The number of nitro groups is 1. The lowest BCUT2D eigenvalue weighted by Gasteiger charge is -2.24. The normalized spacial score (nSPS) is 11.7. The third kappa shape index (κ3) is 9.17. The van der Waals surface area contributed by atoms with E-state index in [0.29, 0.717) is 25.3 Å². The van der Waals surface area contributed by atoms with Crippen molar-refractivity contribution in [1.29, 1.82) is 0 Å². The van der Waals surface area contributed by atoms with E-state index in [1.54, 1.807) is 24.0 Å². The van der Waals surface area contributed by atoms with Crippen LogP contribution in [0.5, 0.6) is 5.75 Å². The maximum Gasteiger partial charge on any atom is 0.410 e. The van der Waals surface area contributed by atoms with Crippen molar-refractivity contribution in [2.24, 2.45) is 0 Å². The van der Waals surface area contributed by atoms with E-state index < -0.39 is 17.1 Å². The Bertz CT molecular complexity index is 933. The molecule has 0 spiro atoms. The number of carbonyl (C=O) groups excluding carboxylic acids is 1. The number of unbranched alkanes of at least 4 members (excludes halogenated alkanes) is 6. The van der Waals surface area contributed by atoms with Crippen LogP contribution in [0.3, 0.4) is 0 Å². The van der Waals surface area contributed by atoms with Crippen LogP contribution in [0.4, 0.5) is 10.5 Å². The van der Waals surface area contributed by atoms with Crippen molar-refractivity contribution in [1.82, 2.24) is 4.90 Å². The summed E-state index contributed by atoms with van der Waals surface area (Å²) in [6, 6.07) is 12.5. The minimum absolute atomic E-state index is 0.0533. The van der Waals surface area contributed by atoms with Crippen LogP contribution in [0, 0.1) is 10.1 Å². The molecular formula is C29H42N2O5. The Balaban J connectivity index is 2.19. The molecule has 0 radical (unpaired) electrons. The van der Waals surface area contributed by atoms with E-state index in [2.05, 4.69) is 13.8 Å². The Morgan fingerprint density at radius 3 is 2.00 bits per heavy atom. The fourth-order valence-electron chi connectivity index (χ4n) is 4.18. The standard InChI is InChI=1S/C29H42N2O5/c1-5-8-10-12-20-30(21-13-11-9-6-2)29(32)36-23(4)27-22-25(16-19-28(27)31(33)34)24-14-17-26(18-15-24)35-7-3/h14-19,22-23H,5-13,20-21H2,1-4H3. The molecule has 1 unspecified atom stereocenters. The maximum atomic E-state index is 13.1. The van der Waals surface area contributed by atoms with E-state index in [9.17, 15) is 14.9 Å². The summed E-state index contributed by atoms with van der Waals surface area (Å²) in [5, 5.41) is 11.8. The summed E-state index contributed by atoms with van der Waals surface area (Å²) >= 11 is 0. The van der Waals surface area contributed by atoms with Crippen molar-refractivity contribution < 1.29 is 19.2 Å². The van der Waals surface area contributed by atoms with Gasteiger partial charge >= 0.3 is 6.09 Å². The van der Waals surface area contributed by atoms with Gasteiger partial charge in [-0.2, -0.15) is 0 Å². The molecule has 0 saturated carbocycles. The molecule has 0 aliphatic rings. The van der Waals surface area contributed by atoms with Gasteiger partial charge in [-0.15, -0.1) is 0 Å². The lowest BCUT2D eigenvalue weighted by atomic mass is 9.99.